The summed E-state index contributed by atoms with van der Waals surface area (Å²) >= 11 is 0. The molecular weight excluding hydrogens is 367 g/mol. The number of hydrogen-bond acceptors (Lipinski definition) is 3. The minimum Gasteiger partial charge on any atom is -0.493 e. The third-order valence-corrected chi connectivity index (χ3v) is 6.05. The predicted octanol–water partition coefficient (Wildman–Crippen LogP) is 4.80. The molecule has 0 fully saturated rings. The first kappa shape index (κ1) is 18.3. The lowest BCUT2D eigenvalue weighted by Crippen LogP contribution is -2.39. The normalized spacial score (nSPS) is 19.5. The molecule has 4 nitrogen and oxygen atoms in total. The van der Waals surface area contributed by atoms with Gasteiger partial charge in [-0.3, -0.25) is 4.90 Å². The predicted molar refractivity (Wildman–Crippen MR) is 113 cm³/mol. The van der Waals surface area contributed by atoms with Gasteiger partial charge in [0.05, 0.1) is 7.11 Å². The van der Waals surface area contributed by atoms with Gasteiger partial charge in [0.25, 0.3) is 0 Å². The molecule has 1 atom stereocenters. The van der Waals surface area contributed by atoms with Crippen molar-refractivity contribution in [3.8, 4) is 11.5 Å². The van der Waals surface area contributed by atoms with Gasteiger partial charge in [0.2, 0.25) is 0 Å². The molecule has 2 aliphatic heterocycles. The highest BCUT2D eigenvalue weighted by molar-refractivity contribution is 5.92. The monoisotopic (exact) mass is 392 g/mol. The Bertz CT molecular complexity index is 1060. The van der Waals surface area contributed by atoms with E-state index in [0.29, 0.717) is 0 Å². The average molecular weight is 392 g/mol. The quantitative estimate of drug-likeness (QED) is 0.693. The average Bonchev–Trinajstić information content (AvgIpc) is 3.17. The molecule has 0 unspecified atom stereocenters. The molecule has 29 heavy (non-hydrogen) atoms. The Morgan fingerprint density at radius 3 is 3.00 bits per heavy atom. The summed E-state index contributed by atoms with van der Waals surface area (Å²) in [6, 6.07) is 11.0. The van der Waals surface area contributed by atoms with Gasteiger partial charge >= 0.3 is 0 Å². The summed E-state index contributed by atoms with van der Waals surface area (Å²) in [6.45, 7) is 2.77. The van der Waals surface area contributed by atoms with Crippen LogP contribution < -0.4 is 9.47 Å². The van der Waals surface area contributed by atoms with E-state index in [2.05, 4.69) is 22.0 Å². The maximum absolute atomic E-state index is 13.7. The van der Waals surface area contributed by atoms with E-state index in [9.17, 15) is 4.39 Å². The van der Waals surface area contributed by atoms with Crippen molar-refractivity contribution in [2.75, 3.05) is 26.7 Å². The van der Waals surface area contributed by atoms with E-state index in [1.165, 1.54) is 17.2 Å². The molecule has 1 aromatic heterocycles. The summed E-state index contributed by atoms with van der Waals surface area (Å²) < 4.78 is 25.4. The smallest absolute Gasteiger partial charge is 0.164 e. The van der Waals surface area contributed by atoms with Crippen LogP contribution in [0.4, 0.5) is 4.39 Å². The Balaban J connectivity index is 1.27. The minimum absolute atomic E-state index is 0.177. The van der Waals surface area contributed by atoms with Crippen molar-refractivity contribution in [2.45, 2.75) is 25.4 Å². The molecule has 5 heteroatoms. The standard InChI is InChI=1S/C24H25FN2O2/c1-28-23-4-2-3-17-5-7-19(29-24(17)23)15-27-11-9-16(10-12-27)21-14-26-22-8-6-18(25)13-20(21)22/h2-4,6,8-9,13-14,19,26H,5,7,10-12,15H2,1H3/t19-/m1/s1. The van der Waals surface area contributed by atoms with E-state index in [0.717, 1.165) is 66.9 Å². The summed E-state index contributed by atoms with van der Waals surface area (Å²) in [4.78, 5) is 5.69. The first-order chi connectivity index (χ1) is 14.2. The third-order valence-electron chi connectivity index (χ3n) is 6.05. The molecule has 0 spiro atoms. The van der Waals surface area contributed by atoms with Gasteiger partial charge in [-0.25, -0.2) is 4.39 Å². The molecule has 2 aromatic carbocycles. The minimum atomic E-state index is -0.193. The fourth-order valence-electron chi connectivity index (χ4n) is 4.49. The molecule has 150 valence electrons. The number of para-hydroxylation sites is 1. The molecule has 0 saturated carbocycles. The summed E-state index contributed by atoms with van der Waals surface area (Å²) in [7, 11) is 1.69. The lowest BCUT2D eigenvalue weighted by Gasteiger charge is -2.33. The van der Waals surface area contributed by atoms with Crippen LogP contribution in [-0.4, -0.2) is 42.7 Å². The first-order valence-corrected chi connectivity index (χ1v) is 10.2. The van der Waals surface area contributed by atoms with Crippen LogP contribution in [0.1, 0.15) is 24.0 Å². The summed E-state index contributed by atoms with van der Waals surface area (Å²) in [5.41, 5.74) is 4.61. The zero-order chi connectivity index (χ0) is 19.8. The van der Waals surface area contributed by atoms with Crippen LogP contribution in [0.3, 0.4) is 0 Å². The van der Waals surface area contributed by atoms with Crippen LogP contribution >= 0.6 is 0 Å². The molecule has 0 bridgehead atoms. The fraction of sp³-hybridized carbons (Fsp3) is 0.333. The molecular formula is C24H25FN2O2. The second-order valence-electron chi connectivity index (χ2n) is 7.86. The van der Waals surface area contributed by atoms with E-state index >= 15 is 0 Å². The van der Waals surface area contributed by atoms with Crippen LogP contribution in [0.25, 0.3) is 16.5 Å². The largest absolute Gasteiger partial charge is 0.493 e. The number of hydrogen-bond donors (Lipinski definition) is 1. The topological polar surface area (TPSA) is 37.5 Å². The molecule has 1 N–H and O–H groups in total. The number of halogens is 1. The molecule has 5 rings (SSSR count). The number of aromatic nitrogens is 1. The van der Waals surface area contributed by atoms with E-state index < -0.39 is 0 Å². The van der Waals surface area contributed by atoms with Crippen LogP contribution in [-0.2, 0) is 6.42 Å². The van der Waals surface area contributed by atoms with Gasteiger partial charge in [-0.2, -0.15) is 0 Å². The number of methoxy groups -OCH3 is 1. The molecule has 3 aromatic rings. The van der Waals surface area contributed by atoms with Crippen molar-refractivity contribution in [1.82, 2.24) is 9.88 Å². The van der Waals surface area contributed by atoms with Crippen molar-refractivity contribution in [3.63, 3.8) is 0 Å². The Morgan fingerprint density at radius 1 is 1.24 bits per heavy atom. The second-order valence-corrected chi connectivity index (χ2v) is 7.86. The van der Waals surface area contributed by atoms with Crippen molar-refractivity contribution < 1.29 is 13.9 Å². The number of nitrogens with one attached hydrogen (secondary N) is 1. The van der Waals surface area contributed by atoms with E-state index in [1.807, 2.05) is 18.3 Å². The number of H-pyrrole nitrogens is 1. The van der Waals surface area contributed by atoms with Crippen LogP contribution in [0.15, 0.2) is 48.7 Å². The van der Waals surface area contributed by atoms with Crippen LogP contribution in [0, 0.1) is 5.82 Å². The Morgan fingerprint density at radius 2 is 2.17 bits per heavy atom. The van der Waals surface area contributed by atoms with Gasteiger partial charge in [0, 0.05) is 42.3 Å². The van der Waals surface area contributed by atoms with Crippen molar-refractivity contribution in [1.29, 1.82) is 0 Å². The van der Waals surface area contributed by atoms with Crippen LogP contribution in [0.2, 0.25) is 0 Å². The second kappa shape index (κ2) is 7.56. The highest BCUT2D eigenvalue weighted by Gasteiger charge is 2.25. The van der Waals surface area contributed by atoms with Gasteiger partial charge in [-0.1, -0.05) is 18.2 Å². The Kier molecular flexibility index (Phi) is 4.76. The fourth-order valence-corrected chi connectivity index (χ4v) is 4.49. The SMILES string of the molecule is COc1cccc2c1O[C@@H](CN1CC=C(c3c[nH]c4ccc(F)cc34)CC1)CC2. The van der Waals surface area contributed by atoms with E-state index in [4.69, 9.17) is 9.47 Å². The lowest BCUT2D eigenvalue weighted by molar-refractivity contribution is 0.116. The summed E-state index contributed by atoms with van der Waals surface area (Å²) in [6.07, 6.45) is 7.45. The molecule has 0 saturated heterocycles. The molecule has 2 aliphatic rings. The number of fused-ring (bicyclic) bond motifs is 2. The third kappa shape index (κ3) is 3.51. The lowest BCUT2D eigenvalue weighted by atomic mass is 9.97. The Hall–Kier alpha value is -2.79. The van der Waals surface area contributed by atoms with Crippen molar-refractivity contribution in [3.05, 3.63) is 65.6 Å². The zero-order valence-corrected chi connectivity index (χ0v) is 16.6. The van der Waals surface area contributed by atoms with Gasteiger partial charge in [0.1, 0.15) is 11.9 Å². The van der Waals surface area contributed by atoms with E-state index in [-0.39, 0.29) is 11.9 Å². The van der Waals surface area contributed by atoms with Gasteiger partial charge in [-0.15, -0.1) is 0 Å². The molecule has 0 aliphatic carbocycles. The van der Waals surface area contributed by atoms with Gasteiger partial charge in [-0.05, 0) is 54.7 Å². The molecule has 3 heterocycles. The number of rotatable bonds is 4. The number of benzene rings is 2. The van der Waals surface area contributed by atoms with Crippen molar-refractivity contribution >= 4 is 16.5 Å². The maximum Gasteiger partial charge on any atom is 0.164 e. The first-order valence-electron chi connectivity index (χ1n) is 10.2. The number of aromatic amines is 1. The number of nitrogens with zero attached hydrogens (tertiary/aromatic N) is 1. The van der Waals surface area contributed by atoms with E-state index in [1.54, 1.807) is 19.2 Å². The van der Waals surface area contributed by atoms with Crippen LogP contribution in [0.5, 0.6) is 11.5 Å². The summed E-state index contributed by atoms with van der Waals surface area (Å²) in [5.74, 6) is 1.53. The molecule has 0 amide bonds. The zero-order valence-electron chi connectivity index (χ0n) is 16.6. The Labute approximate surface area is 169 Å². The van der Waals surface area contributed by atoms with Crippen molar-refractivity contribution in [2.24, 2.45) is 0 Å². The van der Waals surface area contributed by atoms with Gasteiger partial charge < -0.3 is 14.5 Å². The molecule has 0 radical (unpaired) electrons. The maximum atomic E-state index is 13.7. The van der Waals surface area contributed by atoms with Gasteiger partial charge in [0.15, 0.2) is 11.5 Å². The number of aryl methyl sites for hydroxylation is 1. The highest BCUT2D eigenvalue weighted by Crippen LogP contribution is 2.37. The number of ether oxygens (including phenoxy) is 2. The highest BCUT2D eigenvalue weighted by atomic mass is 19.1. The summed E-state index contributed by atoms with van der Waals surface area (Å²) in [5, 5.41) is 0.962.